The van der Waals surface area contributed by atoms with Gasteiger partial charge < -0.3 is 25.2 Å². The van der Waals surface area contributed by atoms with Gasteiger partial charge >= 0.3 is 0 Å². The number of aromatic hydroxyl groups is 1. The van der Waals surface area contributed by atoms with Gasteiger partial charge in [-0.1, -0.05) is 18.2 Å². The number of rotatable bonds is 7. The number of aromatic nitrogens is 2. The molecule has 38 heavy (non-hydrogen) atoms. The van der Waals surface area contributed by atoms with Crippen LogP contribution in [-0.4, -0.2) is 37.1 Å². The topological polar surface area (TPSA) is 82.4 Å². The first-order valence-electron chi connectivity index (χ1n) is 12.6. The van der Waals surface area contributed by atoms with E-state index in [0.29, 0.717) is 11.7 Å². The van der Waals surface area contributed by atoms with Crippen molar-refractivity contribution in [3.05, 3.63) is 107 Å². The number of nitrogens with zero attached hydrogens (tertiary/aromatic N) is 3. The van der Waals surface area contributed by atoms with Crippen LogP contribution in [0.3, 0.4) is 0 Å². The molecule has 8 heteroatoms. The standard InChI is InChI=1S/C30H31N5O2S/c1-19-7-6-8-22(17-19)32-27(37)14-16-34-29(28(33-30(34)38)26-9-4-5-15-31-26)25-18-20(2)35(21(25)3)23-10-12-24(36)13-11-23/h4-13,15,17-18,28-29,36H,14,16H2,1-3H3,(H,32,37)(H,33,38)/t28-,29+/m0/s1. The van der Waals surface area contributed by atoms with Gasteiger partial charge in [0.05, 0.1) is 17.8 Å². The van der Waals surface area contributed by atoms with E-state index in [4.69, 9.17) is 12.2 Å². The molecule has 5 rings (SSSR count). The van der Waals surface area contributed by atoms with Gasteiger partial charge in [0, 0.05) is 41.9 Å². The van der Waals surface area contributed by atoms with Crippen molar-refractivity contribution in [3.63, 3.8) is 0 Å². The van der Waals surface area contributed by atoms with Gasteiger partial charge in [0.15, 0.2) is 5.11 Å². The predicted octanol–water partition coefficient (Wildman–Crippen LogP) is 5.50. The molecular weight excluding hydrogens is 494 g/mol. The summed E-state index contributed by atoms with van der Waals surface area (Å²) in [4.78, 5) is 19.6. The van der Waals surface area contributed by atoms with E-state index in [0.717, 1.165) is 39.6 Å². The Morgan fingerprint density at radius 3 is 2.55 bits per heavy atom. The highest BCUT2D eigenvalue weighted by Crippen LogP contribution is 2.41. The van der Waals surface area contributed by atoms with E-state index in [1.165, 1.54) is 0 Å². The van der Waals surface area contributed by atoms with Gasteiger partial charge in [-0.2, -0.15) is 0 Å². The van der Waals surface area contributed by atoms with E-state index in [1.807, 2.05) is 61.5 Å². The van der Waals surface area contributed by atoms with Crippen LogP contribution >= 0.6 is 12.2 Å². The van der Waals surface area contributed by atoms with Crippen LogP contribution in [0, 0.1) is 20.8 Å². The van der Waals surface area contributed by atoms with E-state index in [1.54, 1.807) is 18.3 Å². The van der Waals surface area contributed by atoms with Crippen LogP contribution < -0.4 is 10.6 Å². The summed E-state index contributed by atoms with van der Waals surface area (Å²) in [6.45, 7) is 6.62. The Morgan fingerprint density at radius 2 is 1.84 bits per heavy atom. The number of anilines is 1. The largest absolute Gasteiger partial charge is 0.508 e. The van der Waals surface area contributed by atoms with Crippen LogP contribution in [0.2, 0.25) is 0 Å². The maximum atomic E-state index is 12.9. The molecule has 1 fully saturated rings. The summed E-state index contributed by atoms with van der Waals surface area (Å²) < 4.78 is 2.17. The van der Waals surface area contributed by atoms with Crippen LogP contribution in [0.5, 0.6) is 5.75 Å². The second kappa shape index (κ2) is 10.7. The van der Waals surface area contributed by atoms with Gasteiger partial charge in [-0.05, 0) is 98.7 Å². The summed E-state index contributed by atoms with van der Waals surface area (Å²) in [5.41, 5.74) is 6.99. The molecule has 2 aromatic carbocycles. The number of phenols is 1. The second-order valence-corrected chi connectivity index (χ2v) is 10.1. The molecule has 7 nitrogen and oxygen atoms in total. The zero-order valence-corrected chi connectivity index (χ0v) is 22.5. The smallest absolute Gasteiger partial charge is 0.226 e. The maximum Gasteiger partial charge on any atom is 0.226 e. The van der Waals surface area contributed by atoms with Crippen LogP contribution in [0.15, 0.2) is 79.0 Å². The molecule has 194 valence electrons. The van der Waals surface area contributed by atoms with Gasteiger partial charge in [0.2, 0.25) is 5.91 Å². The molecular formula is C30H31N5O2S. The predicted molar refractivity (Wildman–Crippen MR) is 153 cm³/mol. The highest BCUT2D eigenvalue weighted by Gasteiger charge is 2.41. The molecule has 0 radical (unpaired) electrons. The zero-order chi connectivity index (χ0) is 26.8. The minimum atomic E-state index is -0.169. The number of phenolic OH excluding ortho intramolecular Hbond substituents is 1. The monoisotopic (exact) mass is 525 g/mol. The normalized spacial score (nSPS) is 16.9. The van der Waals surface area contributed by atoms with Crippen LogP contribution in [0.4, 0.5) is 5.69 Å². The highest BCUT2D eigenvalue weighted by molar-refractivity contribution is 7.80. The van der Waals surface area contributed by atoms with Gasteiger partial charge in [-0.3, -0.25) is 9.78 Å². The van der Waals surface area contributed by atoms with E-state index in [-0.39, 0.29) is 30.2 Å². The van der Waals surface area contributed by atoms with Crippen LogP contribution in [-0.2, 0) is 4.79 Å². The second-order valence-electron chi connectivity index (χ2n) is 9.67. The number of pyridine rings is 1. The number of nitrogens with one attached hydrogen (secondary N) is 2. The first kappa shape index (κ1) is 25.5. The zero-order valence-electron chi connectivity index (χ0n) is 21.7. The van der Waals surface area contributed by atoms with Crippen LogP contribution in [0.1, 0.15) is 46.7 Å². The van der Waals surface area contributed by atoms with Crippen molar-refractivity contribution >= 4 is 28.9 Å². The fraction of sp³-hybridized carbons (Fsp3) is 0.233. The summed E-state index contributed by atoms with van der Waals surface area (Å²) in [6.07, 6.45) is 2.08. The van der Waals surface area contributed by atoms with Gasteiger partial charge in [-0.25, -0.2) is 0 Å². The number of aryl methyl sites for hydroxylation is 2. The number of carbonyl (C=O) groups excluding carboxylic acids is 1. The Bertz CT molecular complexity index is 1470. The molecule has 0 spiro atoms. The highest BCUT2D eigenvalue weighted by atomic mass is 32.1. The molecule has 0 saturated carbocycles. The molecule has 2 atom stereocenters. The number of benzene rings is 2. The van der Waals surface area contributed by atoms with Gasteiger partial charge in [0.25, 0.3) is 0 Å². The SMILES string of the molecule is Cc1cccc(NC(=O)CCN2C(=S)N[C@@H](c3ccccn3)[C@H]2c2cc(C)n(-c3ccc(O)cc3)c2C)c1. The average molecular weight is 526 g/mol. The van der Waals surface area contributed by atoms with E-state index >= 15 is 0 Å². The lowest BCUT2D eigenvalue weighted by Gasteiger charge is -2.28. The molecule has 0 aliphatic carbocycles. The third-order valence-corrected chi connectivity index (χ3v) is 7.33. The van der Waals surface area contributed by atoms with Crippen molar-refractivity contribution in [2.24, 2.45) is 0 Å². The first-order valence-corrected chi connectivity index (χ1v) is 13.1. The molecule has 1 amide bonds. The Balaban J connectivity index is 1.46. The molecule has 3 N–H and O–H groups in total. The Kier molecular flexibility index (Phi) is 7.15. The van der Waals surface area contributed by atoms with Crippen molar-refractivity contribution in [3.8, 4) is 11.4 Å². The fourth-order valence-electron chi connectivity index (χ4n) is 5.24. The summed E-state index contributed by atoms with van der Waals surface area (Å²) in [7, 11) is 0. The third kappa shape index (κ3) is 5.13. The van der Waals surface area contributed by atoms with E-state index in [9.17, 15) is 9.90 Å². The number of hydrogen-bond donors (Lipinski definition) is 3. The third-order valence-electron chi connectivity index (χ3n) is 6.98. The quantitative estimate of drug-likeness (QED) is 0.276. The Hall–Kier alpha value is -4.17. The number of hydrogen-bond acceptors (Lipinski definition) is 4. The molecule has 2 aromatic heterocycles. The lowest BCUT2D eigenvalue weighted by atomic mass is 9.96. The van der Waals surface area contributed by atoms with Crippen molar-refractivity contribution in [2.45, 2.75) is 39.3 Å². The molecule has 1 aliphatic heterocycles. The van der Waals surface area contributed by atoms with Gasteiger partial charge in [-0.15, -0.1) is 0 Å². The molecule has 4 aromatic rings. The van der Waals surface area contributed by atoms with Crippen molar-refractivity contribution in [1.29, 1.82) is 0 Å². The Morgan fingerprint density at radius 1 is 1.05 bits per heavy atom. The van der Waals surface area contributed by atoms with E-state index < -0.39 is 0 Å². The minimum Gasteiger partial charge on any atom is -0.508 e. The summed E-state index contributed by atoms with van der Waals surface area (Å²) in [6, 6.07) is 22.7. The Labute approximate surface area is 228 Å². The number of thiocarbonyl (C=S) groups is 1. The fourth-order valence-corrected chi connectivity index (χ4v) is 5.57. The molecule has 1 aliphatic rings. The maximum absolute atomic E-state index is 12.9. The lowest BCUT2D eigenvalue weighted by Crippen LogP contribution is -2.32. The van der Waals surface area contributed by atoms with Crippen molar-refractivity contribution in [2.75, 3.05) is 11.9 Å². The van der Waals surface area contributed by atoms with Crippen LogP contribution in [0.25, 0.3) is 5.69 Å². The number of carbonyl (C=O) groups is 1. The molecule has 0 unspecified atom stereocenters. The van der Waals surface area contributed by atoms with Crippen molar-refractivity contribution < 1.29 is 9.90 Å². The van der Waals surface area contributed by atoms with E-state index in [2.05, 4.69) is 45.0 Å². The number of amides is 1. The lowest BCUT2D eigenvalue weighted by molar-refractivity contribution is -0.116. The molecule has 3 heterocycles. The minimum absolute atomic E-state index is 0.0620. The summed E-state index contributed by atoms with van der Waals surface area (Å²) >= 11 is 5.80. The first-order chi connectivity index (χ1) is 18.3. The summed E-state index contributed by atoms with van der Waals surface area (Å²) in [5, 5.41) is 16.9. The van der Waals surface area contributed by atoms with Gasteiger partial charge in [0.1, 0.15) is 5.75 Å². The average Bonchev–Trinajstić information content (AvgIpc) is 3.38. The molecule has 1 saturated heterocycles. The molecule has 0 bridgehead atoms. The summed E-state index contributed by atoms with van der Waals surface area (Å²) in [5.74, 6) is 0.167. The van der Waals surface area contributed by atoms with Crippen molar-refractivity contribution in [1.82, 2.24) is 19.8 Å².